The summed E-state index contributed by atoms with van der Waals surface area (Å²) in [5.74, 6) is 0.941. The van der Waals surface area contributed by atoms with Crippen molar-refractivity contribution in [3.63, 3.8) is 0 Å². The molecule has 2 aromatic rings. The van der Waals surface area contributed by atoms with Gasteiger partial charge in [0.25, 0.3) is 5.91 Å². The van der Waals surface area contributed by atoms with E-state index in [0.717, 1.165) is 10.9 Å². The van der Waals surface area contributed by atoms with Crippen molar-refractivity contribution < 1.29 is 13.9 Å². The number of rotatable bonds is 6. The van der Waals surface area contributed by atoms with Crippen LogP contribution in [-0.4, -0.2) is 19.1 Å². The molecule has 0 unspecified atom stereocenters. The lowest BCUT2D eigenvalue weighted by Gasteiger charge is -2.11. The third kappa shape index (κ3) is 4.58. The summed E-state index contributed by atoms with van der Waals surface area (Å²) in [5.41, 5.74) is 1.03. The largest absolute Gasteiger partial charge is 0.484 e. The molecule has 0 atom stereocenters. The van der Waals surface area contributed by atoms with Crippen molar-refractivity contribution in [1.82, 2.24) is 5.32 Å². The maximum atomic E-state index is 11.7. The second kappa shape index (κ2) is 7.31. The lowest BCUT2D eigenvalue weighted by atomic mass is 10.00. The van der Waals surface area contributed by atoms with Crippen molar-refractivity contribution >= 4 is 16.9 Å². The van der Waals surface area contributed by atoms with Crippen LogP contribution in [0.1, 0.15) is 39.2 Å². The molecule has 1 heterocycles. The van der Waals surface area contributed by atoms with Crippen LogP contribution < -0.4 is 15.7 Å². The number of nitrogens with one attached hydrogen (secondary N) is 1. The Bertz CT molecular complexity index is 746. The number of carbonyl (C=O) groups excluding carboxylic acids is 1. The van der Waals surface area contributed by atoms with E-state index in [0.29, 0.717) is 23.8 Å². The van der Waals surface area contributed by atoms with Crippen LogP contribution in [0.15, 0.2) is 33.5 Å². The maximum Gasteiger partial charge on any atom is 0.336 e. The fourth-order valence-electron chi connectivity index (χ4n) is 2.25. The van der Waals surface area contributed by atoms with Crippen molar-refractivity contribution in [2.24, 2.45) is 5.92 Å². The normalized spacial score (nSPS) is 11.2. The molecule has 5 nitrogen and oxygen atoms in total. The Hall–Kier alpha value is -2.30. The Morgan fingerprint density at radius 3 is 2.61 bits per heavy atom. The van der Waals surface area contributed by atoms with Gasteiger partial charge in [-0.3, -0.25) is 4.79 Å². The SMILES string of the molecule is CC(C)CNC(=O)COc1ccc2c(C(C)C)cc(=O)oc2c1. The zero-order valence-corrected chi connectivity index (χ0v) is 14.0. The molecule has 23 heavy (non-hydrogen) atoms. The van der Waals surface area contributed by atoms with E-state index in [9.17, 15) is 9.59 Å². The molecule has 0 radical (unpaired) electrons. The van der Waals surface area contributed by atoms with Gasteiger partial charge >= 0.3 is 5.63 Å². The first-order chi connectivity index (χ1) is 10.9. The zero-order valence-electron chi connectivity index (χ0n) is 14.0. The second-order valence-corrected chi connectivity index (χ2v) is 6.32. The number of hydrogen-bond acceptors (Lipinski definition) is 4. The Labute approximate surface area is 135 Å². The van der Waals surface area contributed by atoms with Crippen LogP contribution in [0.3, 0.4) is 0 Å². The summed E-state index contributed by atoms with van der Waals surface area (Å²) in [6, 6.07) is 6.81. The molecule has 1 aromatic carbocycles. The summed E-state index contributed by atoms with van der Waals surface area (Å²) in [6.45, 7) is 8.66. The average Bonchev–Trinajstić information content (AvgIpc) is 2.49. The standard InChI is InChI=1S/C18H23NO4/c1-11(2)9-19-17(20)10-22-13-5-6-14-15(12(3)4)8-18(21)23-16(14)7-13/h5-8,11-12H,9-10H2,1-4H3,(H,19,20). The molecular weight excluding hydrogens is 294 g/mol. The Balaban J connectivity index is 2.14. The monoisotopic (exact) mass is 317 g/mol. The number of benzene rings is 1. The topological polar surface area (TPSA) is 68.5 Å². The Kier molecular flexibility index (Phi) is 5.42. The lowest BCUT2D eigenvalue weighted by Crippen LogP contribution is -2.31. The minimum atomic E-state index is -0.381. The molecule has 2 rings (SSSR count). The van der Waals surface area contributed by atoms with Crippen LogP contribution in [0.5, 0.6) is 5.75 Å². The number of carbonyl (C=O) groups is 1. The molecule has 1 N–H and O–H groups in total. The first-order valence-corrected chi connectivity index (χ1v) is 7.84. The first kappa shape index (κ1) is 17.1. The predicted molar refractivity (Wildman–Crippen MR) is 89.9 cm³/mol. The van der Waals surface area contributed by atoms with Gasteiger partial charge in [-0.15, -0.1) is 0 Å². The quantitative estimate of drug-likeness (QED) is 0.831. The fraction of sp³-hybridized carbons (Fsp3) is 0.444. The maximum absolute atomic E-state index is 11.7. The molecule has 0 bridgehead atoms. The number of amides is 1. The molecular formula is C18H23NO4. The van der Waals surface area contributed by atoms with Crippen LogP contribution in [0.4, 0.5) is 0 Å². The summed E-state index contributed by atoms with van der Waals surface area (Å²) >= 11 is 0. The van der Waals surface area contributed by atoms with Gasteiger partial charge < -0.3 is 14.5 Å². The van der Waals surface area contributed by atoms with Crippen LogP contribution in [0.2, 0.25) is 0 Å². The third-order valence-electron chi connectivity index (χ3n) is 3.45. The minimum absolute atomic E-state index is 0.0632. The van der Waals surface area contributed by atoms with Gasteiger partial charge in [0.05, 0.1) is 0 Å². The van der Waals surface area contributed by atoms with Gasteiger partial charge in [-0.05, 0) is 29.5 Å². The van der Waals surface area contributed by atoms with E-state index in [1.165, 1.54) is 6.07 Å². The highest BCUT2D eigenvalue weighted by Crippen LogP contribution is 2.26. The van der Waals surface area contributed by atoms with Crippen molar-refractivity contribution in [1.29, 1.82) is 0 Å². The van der Waals surface area contributed by atoms with E-state index in [1.807, 2.05) is 33.8 Å². The molecule has 0 aliphatic heterocycles. The average molecular weight is 317 g/mol. The molecule has 0 saturated heterocycles. The van der Waals surface area contributed by atoms with Gasteiger partial charge in [0.1, 0.15) is 11.3 Å². The highest BCUT2D eigenvalue weighted by Gasteiger charge is 2.10. The predicted octanol–water partition coefficient (Wildman–Crippen LogP) is 3.07. The fourth-order valence-corrected chi connectivity index (χ4v) is 2.25. The molecule has 124 valence electrons. The smallest absolute Gasteiger partial charge is 0.336 e. The van der Waals surface area contributed by atoms with Gasteiger partial charge in [0, 0.05) is 24.1 Å². The molecule has 0 saturated carbocycles. The molecule has 0 spiro atoms. The van der Waals surface area contributed by atoms with Crippen molar-refractivity contribution in [2.45, 2.75) is 33.6 Å². The van der Waals surface area contributed by atoms with Crippen LogP contribution in [0.25, 0.3) is 11.0 Å². The van der Waals surface area contributed by atoms with Gasteiger partial charge in [-0.2, -0.15) is 0 Å². The highest BCUT2D eigenvalue weighted by atomic mass is 16.5. The molecule has 1 aromatic heterocycles. The summed E-state index contributed by atoms with van der Waals surface area (Å²) in [7, 11) is 0. The van der Waals surface area contributed by atoms with Crippen LogP contribution in [0, 0.1) is 5.92 Å². The summed E-state index contributed by atoms with van der Waals surface area (Å²) in [5, 5.41) is 3.67. The number of hydrogen-bond donors (Lipinski definition) is 1. The van der Waals surface area contributed by atoms with E-state index < -0.39 is 0 Å². The number of ether oxygens (including phenoxy) is 1. The third-order valence-corrected chi connectivity index (χ3v) is 3.45. The minimum Gasteiger partial charge on any atom is -0.484 e. The molecule has 5 heteroatoms. The van der Waals surface area contributed by atoms with Gasteiger partial charge in [0.15, 0.2) is 6.61 Å². The molecule has 1 amide bonds. The van der Waals surface area contributed by atoms with E-state index in [4.69, 9.17) is 9.15 Å². The summed E-state index contributed by atoms with van der Waals surface area (Å²) in [4.78, 5) is 23.3. The van der Waals surface area contributed by atoms with Gasteiger partial charge in [-0.25, -0.2) is 4.79 Å². The van der Waals surface area contributed by atoms with Crippen LogP contribution >= 0.6 is 0 Å². The van der Waals surface area contributed by atoms with Crippen molar-refractivity contribution in [2.75, 3.05) is 13.2 Å². The van der Waals surface area contributed by atoms with E-state index in [1.54, 1.807) is 12.1 Å². The molecule has 0 fully saturated rings. The van der Waals surface area contributed by atoms with Gasteiger partial charge in [-0.1, -0.05) is 27.7 Å². The van der Waals surface area contributed by atoms with E-state index >= 15 is 0 Å². The second-order valence-electron chi connectivity index (χ2n) is 6.32. The van der Waals surface area contributed by atoms with Crippen molar-refractivity contribution in [3.05, 3.63) is 40.2 Å². The molecule has 0 aliphatic carbocycles. The Morgan fingerprint density at radius 1 is 1.22 bits per heavy atom. The van der Waals surface area contributed by atoms with E-state index in [2.05, 4.69) is 5.32 Å². The zero-order chi connectivity index (χ0) is 17.0. The lowest BCUT2D eigenvalue weighted by molar-refractivity contribution is -0.123. The Morgan fingerprint density at radius 2 is 1.96 bits per heavy atom. The molecule has 0 aliphatic rings. The summed E-state index contributed by atoms with van der Waals surface area (Å²) in [6.07, 6.45) is 0. The van der Waals surface area contributed by atoms with E-state index in [-0.39, 0.29) is 24.1 Å². The van der Waals surface area contributed by atoms with Gasteiger partial charge in [0.2, 0.25) is 0 Å². The van der Waals surface area contributed by atoms with Crippen LogP contribution in [-0.2, 0) is 4.79 Å². The first-order valence-electron chi connectivity index (χ1n) is 7.84. The number of fused-ring (bicyclic) bond motifs is 1. The highest BCUT2D eigenvalue weighted by molar-refractivity contribution is 5.82. The van der Waals surface area contributed by atoms with Crippen molar-refractivity contribution in [3.8, 4) is 5.75 Å². The summed E-state index contributed by atoms with van der Waals surface area (Å²) < 4.78 is 10.7.